The second-order valence-electron chi connectivity index (χ2n) is 7.75. The van der Waals surface area contributed by atoms with Crippen molar-refractivity contribution in [3.8, 4) is 0 Å². The van der Waals surface area contributed by atoms with E-state index in [4.69, 9.17) is 0 Å². The number of rotatable bonds is 7. The van der Waals surface area contributed by atoms with Gasteiger partial charge in [-0.3, -0.25) is 10.1 Å². The lowest BCUT2D eigenvalue weighted by Crippen LogP contribution is -2.41. The maximum atomic E-state index is 12.9. The van der Waals surface area contributed by atoms with E-state index in [0.29, 0.717) is 24.3 Å². The van der Waals surface area contributed by atoms with E-state index in [2.05, 4.69) is 10.2 Å². The fourth-order valence-electron chi connectivity index (χ4n) is 3.59. The highest BCUT2D eigenvalue weighted by molar-refractivity contribution is 5.89. The topological polar surface area (TPSA) is 78.7 Å². The number of amides is 2. The van der Waals surface area contributed by atoms with Crippen LogP contribution in [0.2, 0.25) is 0 Å². The average molecular weight is 450 g/mol. The maximum absolute atomic E-state index is 12.9. The summed E-state index contributed by atoms with van der Waals surface area (Å²) in [6, 6.07) is 9.81. The molecule has 0 bridgehead atoms. The molecule has 0 radical (unpaired) electrons. The molecule has 1 aliphatic rings. The lowest BCUT2D eigenvalue weighted by atomic mass is 10.1. The fraction of sp³-hybridized carbons (Fsp3) is 0.409. The van der Waals surface area contributed by atoms with Crippen LogP contribution in [-0.2, 0) is 12.7 Å². The van der Waals surface area contributed by atoms with Gasteiger partial charge in [0.05, 0.1) is 10.5 Å². The van der Waals surface area contributed by atoms with E-state index in [1.807, 2.05) is 0 Å². The van der Waals surface area contributed by atoms with E-state index >= 15 is 0 Å². The van der Waals surface area contributed by atoms with Crippen LogP contribution in [0.15, 0.2) is 48.5 Å². The van der Waals surface area contributed by atoms with Gasteiger partial charge >= 0.3 is 12.2 Å². The lowest BCUT2D eigenvalue weighted by molar-refractivity contribution is -0.384. The van der Waals surface area contributed by atoms with E-state index in [1.165, 1.54) is 42.8 Å². The first-order chi connectivity index (χ1) is 15.2. The van der Waals surface area contributed by atoms with Crippen LogP contribution in [0.3, 0.4) is 0 Å². The quantitative estimate of drug-likeness (QED) is 0.468. The zero-order valence-electron chi connectivity index (χ0n) is 17.5. The number of nitrogens with one attached hydrogen (secondary N) is 1. The van der Waals surface area contributed by atoms with E-state index in [9.17, 15) is 28.1 Å². The molecule has 1 fully saturated rings. The normalized spacial score (nSPS) is 14.7. The summed E-state index contributed by atoms with van der Waals surface area (Å²) in [5, 5.41) is 13.5. The minimum atomic E-state index is -4.42. The van der Waals surface area contributed by atoms with Crippen LogP contribution in [-0.4, -0.2) is 46.9 Å². The fourth-order valence-corrected chi connectivity index (χ4v) is 3.59. The molecular formula is C22H25F3N4O3. The number of carbonyl (C=O) groups excluding carboxylic acids is 1. The number of alkyl halides is 3. The first kappa shape index (κ1) is 23.5. The molecule has 1 heterocycles. The van der Waals surface area contributed by atoms with Crippen molar-refractivity contribution in [3.05, 3.63) is 69.8 Å². The molecule has 0 atom stereocenters. The van der Waals surface area contributed by atoms with Gasteiger partial charge in [0.25, 0.3) is 5.69 Å². The Morgan fingerprint density at radius 2 is 1.66 bits per heavy atom. The Balaban J connectivity index is 1.69. The van der Waals surface area contributed by atoms with Crippen molar-refractivity contribution >= 4 is 17.4 Å². The van der Waals surface area contributed by atoms with Crippen molar-refractivity contribution in [2.75, 3.05) is 31.5 Å². The number of anilines is 1. The highest BCUT2D eigenvalue weighted by Gasteiger charge is 2.30. The third kappa shape index (κ3) is 6.68. The van der Waals surface area contributed by atoms with Crippen LogP contribution in [0.5, 0.6) is 0 Å². The molecule has 0 unspecified atom stereocenters. The zero-order valence-corrected chi connectivity index (χ0v) is 17.5. The van der Waals surface area contributed by atoms with Crippen molar-refractivity contribution in [2.24, 2.45) is 0 Å². The molecule has 172 valence electrons. The summed E-state index contributed by atoms with van der Waals surface area (Å²) < 4.78 is 38.5. The van der Waals surface area contributed by atoms with Gasteiger partial charge in [0, 0.05) is 37.5 Å². The van der Waals surface area contributed by atoms with Crippen LogP contribution >= 0.6 is 0 Å². The minimum Gasteiger partial charge on any atom is -0.319 e. The molecule has 1 N–H and O–H groups in total. The number of hydrogen-bond acceptors (Lipinski definition) is 4. The Kier molecular flexibility index (Phi) is 7.68. The first-order valence-electron chi connectivity index (χ1n) is 10.4. The Hall–Kier alpha value is -3.14. The van der Waals surface area contributed by atoms with E-state index in [-0.39, 0.29) is 12.2 Å². The number of carbonyl (C=O) groups is 1. The number of halogens is 3. The van der Waals surface area contributed by atoms with E-state index in [1.54, 1.807) is 4.90 Å². The molecule has 32 heavy (non-hydrogen) atoms. The number of urea groups is 1. The van der Waals surface area contributed by atoms with Gasteiger partial charge in [-0.25, -0.2) is 4.79 Å². The average Bonchev–Trinajstić information content (AvgIpc) is 2.77. The number of nitro groups is 1. The SMILES string of the molecule is O=C(Nc1ccc([N+](=O)[O-])cc1)N(CCN1CCCCC1)Cc1ccc(C(F)(F)F)cc1. The smallest absolute Gasteiger partial charge is 0.319 e. The number of benzene rings is 2. The molecule has 1 saturated heterocycles. The van der Waals surface area contributed by atoms with Crippen LogP contribution < -0.4 is 5.32 Å². The molecule has 7 nitrogen and oxygen atoms in total. The third-order valence-electron chi connectivity index (χ3n) is 5.41. The molecule has 10 heteroatoms. The van der Waals surface area contributed by atoms with Gasteiger partial charge in [-0.2, -0.15) is 13.2 Å². The molecule has 2 aromatic rings. The van der Waals surface area contributed by atoms with Crippen molar-refractivity contribution < 1.29 is 22.9 Å². The number of nitrogens with zero attached hydrogens (tertiary/aromatic N) is 3. The highest BCUT2D eigenvalue weighted by atomic mass is 19.4. The first-order valence-corrected chi connectivity index (χ1v) is 10.4. The van der Waals surface area contributed by atoms with Crippen molar-refractivity contribution in [2.45, 2.75) is 32.0 Å². The predicted octanol–water partition coefficient (Wildman–Crippen LogP) is 5.13. The van der Waals surface area contributed by atoms with Gasteiger partial charge in [-0.1, -0.05) is 18.6 Å². The van der Waals surface area contributed by atoms with E-state index < -0.39 is 22.7 Å². The maximum Gasteiger partial charge on any atom is 0.416 e. The Morgan fingerprint density at radius 1 is 1.03 bits per heavy atom. The standard InChI is InChI=1S/C22H25F3N4O3/c23-22(24,25)18-6-4-17(5-7-18)16-28(15-14-27-12-2-1-3-13-27)21(30)26-19-8-10-20(11-9-19)29(31)32/h4-11H,1-3,12-16H2,(H,26,30). The van der Waals surface area contributed by atoms with Gasteiger partial charge < -0.3 is 15.1 Å². The number of likely N-dealkylation sites (tertiary alicyclic amines) is 1. The van der Waals surface area contributed by atoms with Crippen LogP contribution in [0.4, 0.5) is 29.3 Å². The lowest BCUT2D eigenvalue weighted by Gasteiger charge is -2.30. The molecule has 0 spiro atoms. The number of hydrogen-bond donors (Lipinski definition) is 1. The molecular weight excluding hydrogens is 425 g/mol. The largest absolute Gasteiger partial charge is 0.416 e. The van der Waals surface area contributed by atoms with Crippen molar-refractivity contribution in [1.82, 2.24) is 9.80 Å². The summed E-state index contributed by atoms with van der Waals surface area (Å²) in [6.07, 6.45) is -1.02. The molecule has 3 rings (SSSR count). The summed E-state index contributed by atoms with van der Waals surface area (Å²) >= 11 is 0. The Morgan fingerprint density at radius 3 is 2.22 bits per heavy atom. The van der Waals surface area contributed by atoms with Gasteiger partial charge in [0.15, 0.2) is 0 Å². The van der Waals surface area contributed by atoms with Crippen molar-refractivity contribution in [3.63, 3.8) is 0 Å². The summed E-state index contributed by atoms with van der Waals surface area (Å²) in [5.41, 5.74) is 0.151. The molecule has 0 saturated carbocycles. The van der Waals surface area contributed by atoms with Crippen molar-refractivity contribution in [1.29, 1.82) is 0 Å². The number of piperidine rings is 1. The zero-order chi connectivity index (χ0) is 23.1. The van der Waals surface area contributed by atoms with Crippen LogP contribution in [0.1, 0.15) is 30.4 Å². The summed E-state index contributed by atoms with van der Waals surface area (Å²) in [5.74, 6) is 0. The summed E-state index contributed by atoms with van der Waals surface area (Å²) in [6.45, 7) is 3.12. The van der Waals surface area contributed by atoms with Gasteiger partial charge in [-0.15, -0.1) is 0 Å². The van der Waals surface area contributed by atoms with Crippen LogP contribution in [0, 0.1) is 10.1 Å². The number of non-ortho nitro benzene ring substituents is 1. The minimum absolute atomic E-state index is 0.0882. The van der Waals surface area contributed by atoms with Gasteiger partial charge in [0.1, 0.15) is 0 Å². The second-order valence-corrected chi connectivity index (χ2v) is 7.75. The molecule has 0 aromatic heterocycles. The third-order valence-corrected chi connectivity index (χ3v) is 5.41. The monoisotopic (exact) mass is 450 g/mol. The molecule has 0 aliphatic carbocycles. The Labute approximate surface area is 184 Å². The van der Waals surface area contributed by atoms with Gasteiger partial charge in [0.2, 0.25) is 0 Å². The van der Waals surface area contributed by atoms with E-state index in [0.717, 1.165) is 38.1 Å². The Bertz CT molecular complexity index is 912. The molecule has 1 aliphatic heterocycles. The number of nitro benzene ring substituents is 1. The second kappa shape index (κ2) is 10.4. The van der Waals surface area contributed by atoms with Crippen LogP contribution in [0.25, 0.3) is 0 Å². The summed E-state index contributed by atoms with van der Waals surface area (Å²) in [4.78, 5) is 27.0. The summed E-state index contributed by atoms with van der Waals surface area (Å²) in [7, 11) is 0. The van der Waals surface area contributed by atoms with Gasteiger partial charge in [-0.05, 0) is 55.8 Å². The predicted molar refractivity (Wildman–Crippen MR) is 114 cm³/mol. The molecule has 2 aromatic carbocycles. The highest BCUT2D eigenvalue weighted by Crippen LogP contribution is 2.29. The molecule has 2 amide bonds.